The molecule has 0 aliphatic rings. The molecule has 1 atom stereocenters. The Morgan fingerprint density at radius 3 is 2.60 bits per heavy atom. The van der Waals surface area contributed by atoms with Gasteiger partial charge in [0.1, 0.15) is 5.82 Å². The standard InChI is InChI=1S/C14H19FN2O3/c1-4-14(2,8-16)13(19)17-11-7-9(15)5-6-10(11)12(18)20-3/h5-7H,4,8,16H2,1-3H3,(H,17,19). The number of benzene rings is 1. The van der Waals surface area contributed by atoms with Gasteiger partial charge in [-0.3, -0.25) is 4.79 Å². The van der Waals surface area contributed by atoms with Crippen LogP contribution in [-0.4, -0.2) is 25.5 Å². The van der Waals surface area contributed by atoms with E-state index in [1.54, 1.807) is 6.92 Å². The number of esters is 1. The van der Waals surface area contributed by atoms with Crippen LogP contribution in [0.5, 0.6) is 0 Å². The first-order valence-corrected chi connectivity index (χ1v) is 6.27. The summed E-state index contributed by atoms with van der Waals surface area (Å²) in [7, 11) is 1.22. The topological polar surface area (TPSA) is 81.4 Å². The summed E-state index contributed by atoms with van der Waals surface area (Å²) in [6.45, 7) is 3.69. The first-order chi connectivity index (χ1) is 9.37. The second kappa shape index (κ2) is 6.47. The smallest absolute Gasteiger partial charge is 0.339 e. The van der Waals surface area contributed by atoms with E-state index in [-0.39, 0.29) is 23.7 Å². The van der Waals surface area contributed by atoms with Gasteiger partial charge in [0.15, 0.2) is 0 Å². The molecule has 0 radical (unpaired) electrons. The van der Waals surface area contributed by atoms with E-state index in [9.17, 15) is 14.0 Å². The van der Waals surface area contributed by atoms with Crippen molar-refractivity contribution in [3.63, 3.8) is 0 Å². The Morgan fingerprint density at radius 2 is 2.10 bits per heavy atom. The van der Waals surface area contributed by atoms with E-state index in [2.05, 4.69) is 10.1 Å². The molecule has 5 nitrogen and oxygen atoms in total. The molecule has 1 aromatic carbocycles. The van der Waals surface area contributed by atoms with Crippen molar-refractivity contribution < 1.29 is 18.7 Å². The van der Waals surface area contributed by atoms with Crippen LogP contribution in [0.1, 0.15) is 30.6 Å². The van der Waals surface area contributed by atoms with Crippen molar-refractivity contribution in [2.75, 3.05) is 19.0 Å². The minimum Gasteiger partial charge on any atom is -0.465 e. The lowest BCUT2D eigenvalue weighted by Gasteiger charge is -2.25. The number of amides is 1. The molecular formula is C14H19FN2O3. The Kier molecular flexibility index (Phi) is 5.21. The molecule has 0 aliphatic carbocycles. The van der Waals surface area contributed by atoms with Crippen LogP contribution in [0.2, 0.25) is 0 Å². The van der Waals surface area contributed by atoms with E-state index in [0.29, 0.717) is 6.42 Å². The average molecular weight is 282 g/mol. The predicted octanol–water partition coefficient (Wildman–Crippen LogP) is 1.93. The number of carbonyl (C=O) groups is 2. The highest BCUT2D eigenvalue weighted by Crippen LogP contribution is 2.24. The zero-order chi connectivity index (χ0) is 15.3. The highest BCUT2D eigenvalue weighted by Gasteiger charge is 2.30. The third kappa shape index (κ3) is 3.33. The van der Waals surface area contributed by atoms with Crippen LogP contribution in [0.4, 0.5) is 10.1 Å². The summed E-state index contributed by atoms with van der Waals surface area (Å²) in [5.41, 5.74) is 5.00. The van der Waals surface area contributed by atoms with Crippen LogP contribution in [0.25, 0.3) is 0 Å². The van der Waals surface area contributed by atoms with E-state index in [0.717, 1.165) is 12.1 Å². The second-order valence-electron chi connectivity index (χ2n) is 4.75. The van der Waals surface area contributed by atoms with Crippen molar-refractivity contribution in [2.45, 2.75) is 20.3 Å². The Labute approximate surface area is 117 Å². The molecule has 0 saturated carbocycles. The number of carbonyl (C=O) groups excluding carboxylic acids is 2. The molecule has 1 unspecified atom stereocenters. The molecule has 3 N–H and O–H groups in total. The van der Waals surface area contributed by atoms with Crippen molar-refractivity contribution in [3.8, 4) is 0 Å². The molecule has 1 aromatic rings. The number of ether oxygens (including phenoxy) is 1. The normalized spacial score (nSPS) is 13.4. The van der Waals surface area contributed by atoms with E-state index >= 15 is 0 Å². The molecule has 20 heavy (non-hydrogen) atoms. The van der Waals surface area contributed by atoms with Gasteiger partial charge >= 0.3 is 5.97 Å². The zero-order valence-electron chi connectivity index (χ0n) is 11.8. The van der Waals surface area contributed by atoms with Crippen molar-refractivity contribution in [2.24, 2.45) is 11.1 Å². The van der Waals surface area contributed by atoms with Gasteiger partial charge in [-0.2, -0.15) is 0 Å². The monoisotopic (exact) mass is 282 g/mol. The molecule has 0 saturated heterocycles. The number of rotatable bonds is 5. The minimum atomic E-state index is -0.778. The van der Waals surface area contributed by atoms with Crippen molar-refractivity contribution >= 4 is 17.6 Å². The summed E-state index contributed by atoms with van der Waals surface area (Å²) in [6, 6.07) is 3.48. The average Bonchev–Trinajstić information content (AvgIpc) is 2.45. The van der Waals surface area contributed by atoms with Gasteiger partial charge in [-0.15, -0.1) is 0 Å². The van der Waals surface area contributed by atoms with Crippen LogP contribution >= 0.6 is 0 Å². The fourth-order valence-corrected chi connectivity index (χ4v) is 1.58. The van der Waals surface area contributed by atoms with Crippen LogP contribution in [0, 0.1) is 11.2 Å². The minimum absolute atomic E-state index is 0.0787. The third-order valence-corrected chi connectivity index (χ3v) is 3.41. The van der Waals surface area contributed by atoms with Gasteiger partial charge in [0.2, 0.25) is 5.91 Å². The van der Waals surface area contributed by atoms with Gasteiger partial charge in [0.25, 0.3) is 0 Å². The maximum Gasteiger partial charge on any atom is 0.339 e. The Hall–Kier alpha value is -1.95. The number of methoxy groups -OCH3 is 1. The van der Waals surface area contributed by atoms with Gasteiger partial charge in [0, 0.05) is 6.54 Å². The van der Waals surface area contributed by atoms with Crippen molar-refractivity contribution in [1.29, 1.82) is 0 Å². The van der Waals surface area contributed by atoms with E-state index in [1.807, 2.05) is 6.92 Å². The van der Waals surface area contributed by atoms with Gasteiger partial charge in [0.05, 0.1) is 23.8 Å². The van der Waals surface area contributed by atoms with Crippen molar-refractivity contribution in [3.05, 3.63) is 29.6 Å². The number of hydrogen-bond donors (Lipinski definition) is 2. The molecule has 0 aromatic heterocycles. The van der Waals surface area contributed by atoms with Crippen LogP contribution in [-0.2, 0) is 9.53 Å². The van der Waals surface area contributed by atoms with Crippen LogP contribution in [0.3, 0.4) is 0 Å². The summed E-state index contributed by atoms with van der Waals surface area (Å²) in [5.74, 6) is -1.57. The first kappa shape index (κ1) is 16.1. The molecule has 0 spiro atoms. The quantitative estimate of drug-likeness (QED) is 0.808. The lowest BCUT2D eigenvalue weighted by molar-refractivity contribution is -0.124. The van der Waals surface area contributed by atoms with Gasteiger partial charge in [-0.25, -0.2) is 9.18 Å². The summed E-state index contributed by atoms with van der Waals surface area (Å²) in [4.78, 5) is 23.8. The lowest BCUT2D eigenvalue weighted by atomic mass is 9.86. The SMILES string of the molecule is CCC(C)(CN)C(=O)Nc1cc(F)ccc1C(=O)OC. The number of hydrogen-bond acceptors (Lipinski definition) is 4. The van der Waals surface area contributed by atoms with Gasteiger partial charge in [-0.1, -0.05) is 6.92 Å². The zero-order valence-corrected chi connectivity index (χ0v) is 11.8. The third-order valence-electron chi connectivity index (χ3n) is 3.41. The van der Waals surface area contributed by atoms with Crippen molar-refractivity contribution in [1.82, 2.24) is 0 Å². The summed E-state index contributed by atoms with van der Waals surface area (Å²) < 4.78 is 17.9. The maximum atomic E-state index is 13.3. The summed E-state index contributed by atoms with van der Waals surface area (Å²) in [5, 5.41) is 2.55. The molecule has 0 aliphatic heterocycles. The Bertz CT molecular complexity index is 513. The largest absolute Gasteiger partial charge is 0.465 e. The molecule has 6 heteroatoms. The molecule has 0 fully saturated rings. The molecule has 1 rings (SSSR count). The molecule has 0 bridgehead atoms. The predicted molar refractivity (Wildman–Crippen MR) is 73.8 cm³/mol. The van der Waals surface area contributed by atoms with Crippen LogP contribution < -0.4 is 11.1 Å². The number of halogens is 1. The second-order valence-corrected chi connectivity index (χ2v) is 4.75. The highest BCUT2D eigenvalue weighted by atomic mass is 19.1. The first-order valence-electron chi connectivity index (χ1n) is 6.27. The fourth-order valence-electron chi connectivity index (χ4n) is 1.58. The lowest BCUT2D eigenvalue weighted by Crippen LogP contribution is -2.39. The summed E-state index contributed by atoms with van der Waals surface area (Å²) >= 11 is 0. The Balaban J connectivity index is 3.11. The number of anilines is 1. The maximum absolute atomic E-state index is 13.3. The van der Waals surface area contributed by atoms with E-state index in [1.165, 1.54) is 13.2 Å². The molecule has 1 amide bonds. The molecule has 0 heterocycles. The number of nitrogens with one attached hydrogen (secondary N) is 1. The molecule has 110 valence electrons. The number of nitrogens with two attached hydrogens (primary N) is 1. The van der Waals surface area contributed by atoms with Gasteiger partial charge in [-0.05, 0) is 31.5 Å². The molecular weight excluding hydrogens is 263 g/mol. The summed E-state index contributed by atoms with van der Waals surface area (Å²) in [6.07, 6.45) is 0.526. The highest BCUT2D eigenvalue weighted by molar-refractivity contribution is 6.02. The Morgan fingerprint density at radius 1 is 1.45 bits per heavy atom. The van der Waals surface area contributed by atoms with Crippen LogP contribution in [0.15, 0.2) is 18.2 Å². The fraction of sp³-hybridized carbons (Fsp3) is 0.429. The van der Waals surface area contributed by atoms with E-state index < -0.39 is 17.2 Å². The van der Waals surface area contributed by atoms with E-state index in [4.69, 9.17) is 5.73 Å². The van der Waals surface area contributed by atoms with Gasteiger partial charge < -0.3 is 15.8 Å².